The Bertz CT molecular complexity index is 659. The molecule has 110 valence electrons. The van der Waals surface area contributed by atoms with Crippen LogP contribution in [0.4, 0.5) is 4.39 Å². The van der Waals surface area contributed by atoms with Crippen LogP contribution in [0.1, 0.15) is 29.2 Å². The van der Waals surface area contributed by atoms with E-state index in [-0.39, 0.29) is 5.82 Å². The molecule has 1 aliphatic rings. The number of aryl methyl sites for hydroxylation is 1. The van der Waals surface area contributed by atoms with Crippen molar-refractivity contribution in [1.82, 2.24) is 5.32 Å². The van der Waals surface area contributed by atoms with E-state index in [9.17, 15) is 4.39 Å². The largest absolute Gasteiger partial charge is 0.489 e. The molecule has 1 N–H and O–H groups in total. The maximum atomic E-state index is 13.1. The maximum Gasteiger partial charge on any atom is 0.124 e. The van der Waals surface area contributed by atoms with Crippen LogP contribution in [0.15, 0.2) is 40.9 Å². The van der Waals surface area contributed by atoms with Crippen molar-refractivity contribution in [1.29, 1.82) is 0 Å². The molecule has 0 fully saturated rings. The first-order chi connectivity index (χ1) is 10.2. The second-order valence-corrected chi connectivity index (χ2v) is 6.12. The first-order valence-electron chi connectivity index (χ1n) is 7.04. The summed E-state index contributed by atoms with van der Waals surface area (Å²) in [5.74, 6) is 0.614. The minimum absolute atomic E-state index is 0.249. The number of fused-ring (bicyclic) bond motifs is 1. The molecular formula is C17H17BrFNO. The van der Waals surface area contributed by atoms with E-state index in [1.807, 2.05) is 13.1 Å². The molecule has 0 saturated heterocycles. The molecule has 0 saturated carbocycles. The monoisotopic (exact) mass is 349 g/mol. The van der Waals surface area contributed by atoms with Crippen LogP contribution in [0.5, 0.6) is 5.75 Å². The minimum atomic E-state index is -0.249. The van der Waals surface area contributed by atoms with Crippen molar-refractivity contribution in [3.8, 4) is 5.75 Å². The topological polar surface area (TPSA) is 21.3 Å². The normalized spacial score (nSPS) is 16.8. The van der Waals surface area contributed by atoms with Crippen LogP contribution in [-0.4, -0.2) is 7.05 Å². The molecule has 0 aromatic heterocycles. The number of nitrogens with one attached hydrogen (secondary N) is 1. The predicted molar refractivity (Wildman–Crippen MR) is 85.0 cm³/mol. The van der Waals surface area contributed by atoms with Gasteiger partial charge in [-0.2, -0.15) is 0 Å². The Morgan fingerprint density at radius 2 is 2.14 bits per heavy atom. The van der Waals surface area contributed by atoms with Gasteiger partial charge in [0.05, 0.1) is 0 Å². The van der Waals surface area contributed by atoms with E-state index in [2.05, 4.69) is 33.4 Å². The third-order valence-electron chi connectivity index (χ3n) is 3.95. The third-order valence-corrected chi connectivity index (χ3v) is 4.69. The molecule has 0 amide bonds. The molecule has 0 aliphatic heterocycles. The fourth-order valence-corrected chi connectivity index (χ4v) is 3.25. The highest BCUT2D eigenvalue weighted by Gasteiger charge is 2.21. The van der Waals surface area contributed by atoms with Crippen LogP contribution < -0.4 is 10.1 Å². The van der Waals surface area contributed by atoms with Crippen LogP contribution in [0.25, 0.3) is 0 Å². The lowest BCUT2D eigenvalue weighted by atomic mass is 10.1. The molecule has 1 unspecified atom stereocenters. The van der Waals surface area contributed by atoms with E-state index in [0.29, 0.717) is 12.6 Å². The summed E-state index contributed by atoms with van der Waals surface area (Å²) in [6.07, 6.45) is 2.22. The molecule has 2 aromatic carbocycles. The first-order valence-corrected chi connectivity index (χ1v) is 7.83. The number of benzene rings is 2. The molecule has 1 aliphatic carbocycles. The highest BCUT2D eigenvalue weighted by Crippen LogP contribution is 2.33. The van der Waals surface area contributed by atoms with E-state index in [1.165, 1.54) is 23.3 Å². The summed E-state index contributed by atoms with van der Waals surface area (Å²) in [5.41, 5.74) is 3.66. The fourth-order valence-electron chi connectivity index (χ4n) is 2.78. The number of halogens is 2. The molecule has 21 heavy (non-hydrogen) atoms. The zero-order chi connectivity index (χ0) is 14.8. The maximum absolute atomic E-state index is 13.1. The van der Waals surface area contributed by atoms with Crippen LogP contribution in [0.2, 0.25) is 0 Å². The molecular weight excluding hydrogens is 333 g/mol. The lowest BCUT2D eigenvalue weighted by Gasteiger charge is -2.12. The average molecular weight is 350 g/mol. The number of rotatable bonds is 4. The molecule has 0 radical (unpaired) electrons. The SMILES string of the molecule is CNC1CCc2cc(OCc3ccc(F)cc3Br)ccc21. The highest BCUT2D eigenvalue weighted by molar-refractivity contribution is 9.10. The molecule has 2 nitrogen and oxygen atoms in total. The summed E-state index contributed by atoms with van der Waals surface area (Å²) in [6, 6.07) is 11.4. The molecule has 0 heterocycles. The van der Waals surface area contributed by atoms with E-state index in [1.54, 1.807) is 6.07 Å². The Labute approximate surface area is 132 Å². The molecule has 4 heteroatoms. The third kappa shape index (κ3) is 3.11. The van der Waals surface area contributed by atoms with Gasteiger partial charge in [0.1, 0.15) is 18.2 Å². The van der Waals surface area contributed by atoms with Gasteiger partial charge in [-0.1, -0.05) is 28.1 Å². The second kappa shape index (κ2) is 6.16. The second-order valence-electron chi connectivity index (χ2n) is 5.26. The first kappa shape index (κ1) is 14.5. The Kier molecular flexibility index (Phi) is 4.27. The van der Waals surface area contributed by atoms with Crippen LogP contribution >= 0.6 is 15.9 Å². The quantitative estimate of drug-likeness (QED) is 0.884. The molecule has 2 aromatic rings. The Morgan fingerprint density at radius 3 is 2.90 bits per heavy atom. The van der Waals surface area contributed by atoms with Crippen LogP contribution in [0, 0.1) is 5.82 Å². The summed E-state index contributed by atoms with van der Waals surface area (Å²) in [7, 11) is 2.00. The molecule has 1 atom stereocenters. The van der Waals surface area contributed by atoms with Crippen molar-refractivity contribution in [2.75, 3.05) is 7.05 Å². The Hall–Kier alpha value is -1.39. The van der Waals surface area contributed by atoms with Crippen molar-refractivity contribution in [2.45, 2.75) is 25.5 Å². The van der Waals surface area contributed by atoms with Gasteiger partial charge < -0.3 is 10.1 Å². The zero-order valence-electron chi connectivity index (χ0n) is 11.8. The van der Waals surface area contributed by atoms with Gasteiger partial charge in [0.15, 0.2) is 0 Å². The van der Waals surface area contributed by atoms with E-state index < -0.39 is 0 Å². The summed E-state index contributed by atoms with van der Waals surface area (Å²) in [4.78, 5) is 0. The van der Waals surface area contributed by atoms with E-state index in [0.717, 1.165) is 28.6 Å². The summed E-state index contributed by atoms with van der Waals surface area (Å²) < 4.78 is 19.6. The van der Waals surface area contributed by atoms with Gasteiger partial charge in [-0.3, -0.25) is 0 Å². The number of hydrogen-bond acceptors (Lipinski definition) is 2. The zero-order valence-corrected chi connectivity index (χ0v) is 13.4. The summed E-state index contributed by atoms with van der Waals surface area (Å²) in [5, 5.41) is 3.33. The van der Waals surface area contributed by atoms with Gasteiger partial charge >= 0.3 is 0 Å². The lowest BCUT2D eigenvalue weighted by Crippen LogP contribution is -2.12. The van der Waals surface area contributed by atoms with Gasteiger partial charge in [-0.15, -0.1) is 0 Å². The fraction of sp³-hybridized carbons (Fsp3) is 0.294. The van der Waals surface area contributed by atoms with Gasteiger partial charge in [-0.05, 0) is 55.3 Å². The average Bonchev–Trinajstić information content (AvgIpc) is 2.88. The highest BCUT2D eigenvalue weighted by atomic mass is 79.9. The van der Waals surface area contributed by atoms with Crippen LogP contribution in [-0.2, 0) is 13.0 Å². The van der Waals surface area contributed by atoms with Crippen LogP contribution in [0.3, 0.4) is 0 Å². The van der Waals surface area contributed by atoms with E-state index >= 15 is 0 Å². The van der Waals surface area contributed by atoms with Gasteiger partial charge in [-0.25, -0.2) is 4.39 Å². The van der Waals surface area contributed by atoms with Crippen molar-refractivity contribution in [2.24, 2.45) is 0 Å². The lowest BCUT2D eigenvalue weighted by molar-refractivity contribution is 0.305. The molecule has 0 spiro atoms. The van der Waals surface area contributed by atoms with Crippen molar-refractivity contribution in [3.63, 3.8) is 0 Å². The summed E-state index contributed by atoms with van der Waals surface area (Å²) >= 11 is 3.36. The number of hydrogen-bond donors (Lipinski definition) is 1. The Morgan fingerprint density at radius 1 is 1.29 bits per heavy atom. The smallest absolute Gasteiger partial charge is 0.124 e. The standard InChI is InChI=1S/C17H17BrFNO/c1-20-17-7-3-11-8-14(5-6-15(11)17)21-10-12-2-4-13(19)9-16(12)18/h2,4-6,8-9,17,20H,3,7,10H2,1H3. The number of ether oxygens (including phenoxy) is 1. The van der Waals surface area contributed by atoms with Gasteiger partial charge in [0.25, 0.3) is 0 Å². The molecule has 0 bridgehead atoms. The molecule has 3 rings (SSSR count). The van der Waals surface area contributed by atoms with Gasteiger partial charge in [0, 0.05) is 16.1 Å². The van der Waals surface area contributed by atoms with E-state index in [4.69, 9.17) is 4.74 Å². The summed E-state index contributed by atoms with van der Waals surface area (Å²) in [6.45, 7) is 0.426. The predicted octanol–water partition coefficient (Wildman–Crippen LogP) is 4.37. The Balaban J connectivity index is 1.72. The van der Waals surface area contributed by atoms with Crippen molar-refractivity contribution >= 4 is 15.9 Å². The van der Waals surface area contributed by atoms with Crippen molar-refractivity contribution < 1.29 is 9.13 Å². The minimum Gasteiger partial charge on any atom is -0.489 e. The van der Waals surface area contributed by atoms with Gasteiger partial charge in [0.2, 0.25) is 0 Å². The van der Waals surface area contributed by atoms with Crippen molar-refractivity contribution in [3.05, 3.63) is 63.4 Å².